The van der Waals surface area contributed by atoms with Crippen molar-refractivity contribution in [2.45, 2.75) is 0 Å². The molecule has 0 aromatic carbocycles. The number of nitrogens with two attached hydrogens (primary N) is 1. The molecule has 0 atom stereocenters. The SMILES string of the molecule is COCCOC(=N)N. The summed E-state index contributed by atoms with van der Waals surface area (Å²) in [4.78, 5) is 0. The third-order valence-electron chi connectivity index (χ3n) is 0.545. The topological polar surface area (TPSA) is 68.3 Å². The van der Waals surface area contributed by atoms with Gasteiger partial charge in [0.05, 0.1) is 6.61 Å². The Labute approximate surface area is 48.1 Å². The van der Waals surface area contributed by atoms with E-state index in [0.29, 0.717) is 13.2 Å². The van der Waals surface area contributed by atoms with Crippen molar-refractivity contribution in [1.29, 1.82) is 5.41 Å². The first-order valence-corrected chi connectivity index (χ1v) is 2.23. The van der Waals surface area contributed by atoms with Crippen LogP contribution >= 0.6 is 0 Å². The average molecular weight is 118 g/mol. The van der Waals surface area contributed by atoms with Crippen molar-refractivity contribution in [3.05, 3.63) is 0 Å². The lowest BCUT2D eigenvalue weighted by Gasteiger charge is -1.99. The molecule has 4 heteroatoms. The zero-order chi connectivity index (χ0) is 6.41. The number of ether oxygens (including phenoxy) is 2. The van der Waals surface area contributed by atoms with Crippen molar-refractivity contribution in [2.24, 2.45) is 5.73 Å². The quantitative estimate of drug-likeness (QED) is 0.299. The van der Waals surface area contributed by atoms with Crippen molar-refractivity contribution in [3.63, 3.8) is 0 Å². The number of nitrogens with one attached hydrogen (secondary N) is 1. The third kappa shape index (κ3) is 5.23. The maximum absolute atomic E-state index is 6.57. The Hall–Kier alpha value is -0.770. The van der Waals surface area contributed by atoms with Gasteiger partial charge in [0.25, 0.3) is 6.02 Å². The molecule has 3 N–H and O–H groups in total. The van der Waals surface area contributed by atoms with Crippen molar-refractivity contribution in [3.8, 4) is 0 Å². The molecule has 8 heavy (non-hydrogen) atoms. The van der Waals surface area contributed by atoms with Crippen LogP contribution in [-0.4, -0.2) is 26.3 Å². The molecule has 0 spiro atoms. The molecule has 0 aromatic rings. The lowest BCUT2D eigenvalue weighted by molar-refractivity contribution is 0.139. The van der Waals surface area contributed by atoms with E-state index in [1.54, 1.807) is 7.11 Å². The monoisotopic (exact) mass is 118 g/mol. The van der Waals surface area contributed by atoms with Gasteiger partial charge in [-0.3, -0.25) is 5.41 Å². The van der Waals surface area contributed by atoms with Gasteiger partial charge < -0.3 is 15.2 Å². The molecule has 4 nitrogen and oxygen atoms in total. The molecule has 0 fully saturated rings. The van der Waals surface area contributed by atoms with E-state index in [9.17, 15) is 0 Å². The first kappa shape index (κ1) is 7.23. The highest BCUT2D eigenvalue weighted by molar-refractivity contribution is 5.67. The molecule has 0 aromatic heterocycles. The minimum Gasteiger partial charge on any atom is -0.463 e. The number of methoxy groups -OCH3 is 1. The lowest BCUT2D eigenvalue weighted by Crippen LogP contribution is -2.16. The van der Waals surface area contributed by atoms with E-state index in [2.05, 4.69) is 9.47 Å². The summed E-state index contributed by atoms with van der Waals surface area (Å²) < 4.78 is 9.13. The second kappa shape index (κ2) is 4.39. The summed E-state index contributed by atoms with van der Waals surface area (Å²) >= 11 is 0. The molecular formula is C4H10N2O2. The fourth-order valence-corrected chi connectivity index (χ4v) is 0.235. The maximum atomic E-state index is 6.57. The Balaban J connectivity index is 2.82. The first-order valence-electron chi connectivity index (χ1n) is 2.23. The normalized spacial score (nSPS) is 8.62. The van der Waals surface area contributed by atoms with E-state index in [1.165, 1.54) is 0 Å². The second-order valence-corrected chi connectivity index (χ2v) is 1.21. The Morgan fingerprint density at radius 3 is 2.62 bits per heavy atom. The van der Waals surface area contributed by atoms with Crippen molar-refractivity contribution in [1.82, 2.24) is 0 Å². The molecule has 0 radical (unpaired) electrons. The van der Waals surface area contributed by atoms with Crippen molar-refractivity contribution < 1.29 is 9.47 Å². The number of hydrogen-bond acceptors (Lipinski definition) is 3. The van der Waals surface area contributed by atoms with Gasteiger partial charge in [-0.1, -0.05) is 0 Å². The summed E-state index contributed by atoms with van der Waals surface area (Å²) in [6.45, 7) is 0.825. The van der Waals surface area contributed by atoms with Gasteiger partial charge in [-0.25, -0.2) is 0 Å². The molecule has 0 heterocycles. The zero-order valence-electron chi connectivity index (χ0n) is 4.81. The fraction of sp³-hybridized carbons (Fsp3) is 0.750. The number of amidine groups is 1. The van der Waals surface area contributed by atoms with E-state index in [4.69, 9.17) is 11.1 Å². The molecule has 0 rings (SSSR count). The highest BCUT2D eigenvalue weighted by atomic mass is 16.5. The summed E-state index contributed by atoms with van der Waals surface area (Å²) in [5, 5.41) is 6.57. The molecule has 0 saturated heterocycles. The summed E-state index contributed by atoms with van der Waals surface area (Å²) in [6.07, 6.45) is 0. The van der Waals surface area contributed by atoms with E-state index in [0.717, 1.165) is 0 Å². The van der Waals surface area contributed by atoms with Gasteiger partial charge in [0.1, 0.15) is 6.61 Å². The van der Waals surface area contributed by atoms with Crippen LogP contribution in [0, 0.1) is 5.41 Å². The minimum atomic E-state index is -0.262. The van der Waals surface area contributed by atoms with Gasteiger partial charge in [0.2, 0.25) is 0 Å². The Morgan fingerprint density at radius 1 is 1.62 bits per heavy atom. The van der Waals surface area contributed by atoms with Crippen LogP contribution in [0.15, 0.2) is 0 Å². The minimum absolute atomic E-state index is 0.262. The van der Waals surface area contributed by atoms with Gasteiger partial charge in [0, 0.05) is 7.11 Å². The van der Waals surface area contributed by atoms with E-state index < -0.39 is 0 Å². The van der Waals surface area contributed by atoms with Crippen molar-refractivity contribution >= 4 is 6.02 Å². The molecule has 48 valence electrons. The number of hydrogen-bond donors (Lipinski definition) is 2. The van der Waals surface area contributed by atoms with Crippen molar-refractivity contribution in [2.75, 3.05) is 20.3 Å². The maximum Gasteiger partial charge on any atom is 0.279 e. The second-order valence-electron chi connectivity index (χ2n) is 1.21. The van der Waals surface area contributed by atoms with E-state index in [-0.39, 0.29) is 6.02 Å². The van der Waals surface area contributed by atoms with Crippen LogP contribution in [0.5, 0.6) is 0 Å². The Kier molecular flexibility index (Phi) is 3.97. The molecule has 0 unspecified atom stereocenters. The lowest BCUT2D eigenvalue weighted by atomic mass is 10.8. The standard InChI is InChI=1S/C4H10N2O2/c1-7-2-3-8-4(5)6/h2-3H2,1H3,(H3,5,6). The smallest absolute Gasteiger partial charge is 0.279 e. The third-order valence-corrected chi connectivity index (χ3v) is 0.545. The largest absolute Gasteiger partial charge is 0.463 e. The van der Waals surface area contributed by atoms with Crippen LogP contribution < -0.4 is 5.73 Å². The first-order chi connectivity index (χ1) is 3.77. The van der Waals surface area contributed by atoms with E-state index in [1.807, 2.05) is 0 Å². The average Bonchev–Trinajstić information content (AvgIpc) is 1.66. The highest BCUT2D eigenvalue weighted by Gasteiger charge is 1.85. The summed E-state index contributed by atoms with van der Waals surface area (Å²) in [5.74, 6) is 0. The van der Waals surface area contributed by atoms with Crippen LogP contribution in [0.4, 0.5) is 0 Å². The number of rotatable bonds is 3. The molecule has 0 aliphatic heterocycles. The van der Waals surface area contributed by atoms with Crippen LogP contribution in [0.1, 0.15) is 0 Å². The highest BCUT2D eigenvalue weighted by Crippen LogP contribution is 1.71. The summed E-state index contributed by atoms with van der Waals surface area (Å²) in [7, 11) is 1.56. The molecule has 0 aliphatic rings. The van der Waals surface area contributed by atoms with Gasteiger partial charge in [-0.2, -0.15) is 0 Å². The summed E-state index contributed by atoms with van der Waals surface area (Å²) in [6, 6.07) is -0.262. The van der Waals surface area contributed by atoms with Gasteiger partial charge in [-0.15, -0.1) is 0 Å². The van der Waals surface area contributed by atoms with E-state index >= 15 is 0 Å². The predicted octanol–water partition coefficient (Wildman–Crippen LogP) is -0.457. The predicted molar refractivity (Wildman–Crippen MR) is 29.7 cm³/mol. The van der Waals surface area contributed by atoms with Gasteiger partial charge >= 0.3 is 0 Å². The van der Waals surface area contributed by atoms with Crippen LogP contribution in [0.3, 0.4) is 0 Å². The molecule has 0 amide bonds. The Morgan fingerprint density at radius 2 is 2.25 bits per heavy atom. The Bertz CT molecular complexity index is 74.4. The zero-order valence-corrected chi connectivity index (χ0v) is 4.81. The molecule has 0 saturated carbocycles. The molecule has 0 aliphatic carbocycles. The fourth-order valence-electron chi connectivity index (χ4n) is 0.235. The summed E-state index contributed by atoms with van der Waals surface area (Å²) in [5.41, 5.74) is 4.84. The van der Waals surface area contributed by atoms with Crippen LogP contribution in [0.2, 0.25) is 0 Å². The van der Waals surface area contributed by atoms with Crippen LogP contribution in [0.25, 0.3) is 0 Å². The van der Waals surface area contributed by atoms with Gasteiger partial charge in [0.15, 0.2) is 0 Å². The molecule has 0 bridgehead atoms. The van der Waals surface area contributed by atoms with Gasteiger partial charge in [-0.05, 0) is 0 Å². The molecular weight excluding hydrogens is 108 g/mol. The van der Waals surface area contributed by atoms with Crippen LogP contribution in [-0.2, 0) is 9.47 Å².